The van der Waals surface area contributed by atoms with Gasteiger partial charge < -0.3 is 15.0 Å². The lowest BCUT2D eigenvalue weighted by molar-refractivity contribution is 0.220. The first-order valence-corrected chi connectivity index (χ1v) is 7.15. The third-order valence-corrected chi connectivity index (χ3v) is 4.25. The first kappa shape index (κ1) is 13.3. The zero-order chi connectivity index (χ0) is 14.1. The van der Waals surface area contributed by atoms with E-state index >= 15 is 0 Å². The minimum absolute atomic E-state index is 0.00167. The van der Waals surface area contributed by atoms with Gasteiger partial charge in [-0.1, -0.05) is 12.1 Å². The molecule has 1 fully saturated rings. The Morgan fingerprint density at radius 2 is 2.25 bits per heavy atom. The van der Waals surface area contributed by atoms with E-state index < -0.39 is 0 Å². The number of fused-ring (bicyclic) bond motifs is 1. The van der Waals surface area contributed by atoms with Crippen LogP contribution in [-0.4, -0.2) is 41.2 Å². The second-order valence-corrected chi connectivity index (χ2v) is 5.60. The second-order valence-electron chi connectivity index (χ2n) is 5.60. The Kier molecular flexibility index (Phi) is 3.59. The number of hydrogen-bond donors (Lipinski definition) is 2. The topological polar surface area (TPSA) is 56.3 Å². The monoisotopic (exact) mass is 272 g/mol. The zero-order valence-electron chi connectivity index (χ0n) is 11.7. The maximum Gasteiger partial charge on any atom is 0.256 e. The number of likely N-dealkylation sites (tertiary alicyclic amines) is 1. The summed E-state index contributed by atoms with van der Waals surface area (Å²) in [6, 6.07) is 7.96. The summed E-state index contributed by atoms with van der Waals surface area (Å²) in [5, 5.41) is 10.8. The molecule has 1 aromatic carbocycles. The first-order valence-electron chi connectivity index (χ1n) is 7.15. The Hall–Kier alpha value is -1.65. The van der Waals surface area contributed by atoms with E-state index in [1.54, 1.807) is 0 Å². The second kappa shape index (κ2) is 5.38. The molecular weight excluding hydrogens is 252 g/mol. The molecule has 1 atom stereocenters. The number of pyridine rings is 1. The number of aliphatic hydroxyl groups is 1. The Morgan fingerprint density at radius 1 is 1.40 bits per heavy atom. The predicted molar refractivity (Wildman–Crippen MR) is 80.2 cm³/mol. The summed E-state index contributed by atoms with van der Waals surface area (Å²) in [4.78, 5) is 17.5. The fourth-order valence-corrected chi connectivity index (χ4v) is 3.11. The highest BCUT2D eigenvalue weighted by atomic mass is 16.3. The lowest BCUT2D eigenvalue weighted by atomic mass is 10.00. The number of aryl methyl sites for hydroxylation is 1. The van der Waals surface area contributed by atoms with Crippen molar-refractivity contribution in [3.05, 3.63) is 45.9 Å². The number of aromatic amines is 1. The summed E-state index contributed by atoms with van der Waals surface area (Å²) < 4.78 is 0. The van der Waals surface area contributed by atoms with Gasteiger partial charge in [0.1, 0.15) is 0 Å². The smallest absolute Gasteiger partial charge is 0.256 e. The van der Waals surface area contributed by atoms with Gasteiger partial charge in [-0.25, -0.2) is 0 Å². The van der Waals surface area contributed by atoms with Gasteiger partial charge in [0.05, 0.1) is 6.61 Å². The van der Waals surface area contributed by atoms with Crippen LogP contribution in [0.2, 0.25) is 0 Å². The van der Waals surface area contributed by atoms with Crippen molar-refractivity contribution in [3.8, 4) is 0 Å². The predicted octanol–water partition coefficient (Wildman–Crippen LogP) is 1.62. The van der Waals surface area contributed by atoms with Gasteiger partial charge in [0, 0.05) is 30.1 Å². The molecule has 0 spiro atoms. The maximum absolute atomic E-state index is 12.2. The standard InChI is InChI=1S/C16H20N2O2/c1-11-3-2-4-13-14(11)9-15(17-16(13)20)12-5-6-18(10-12)7-8-19/h2-4,9,12,19H,5-8,10H2,1H3,(H,17,20). The van der Waals surface area contributed by atoms with Gasteiger partial charge >= 0.3 is 0 Å². The summed E-state index contributed by atoms with van der Waals surface area (Å²) in [5.74, 6) is 0.359. The summed E-state index contributed by atoms with van der Waals surface area (Å²) in [6.45, 7) is 4.85. The van der Waals surface area contributed by atoms with E-state index in [-0.39, 0.29) is 12.2 Å². The van der Waals surface area contributed by atoms with Gasteiger partial charge in [-0.15, -0.1) is 0 Å². The fraction of sp³-hybridized carbons (Fsp3) is 0.438. The Labute approximate surface area is 118 Å². The molecule has 20 heavy (non-hydrogen) atoms. The van der Waals surface area contributed by atoms with Crippen molar-refractivity contribution in [1.29, 1.82) is 0 Å². The molecule has 2 N–H and O–H groups in total. The van der Waals surface area contributed by atoms with E-state index in [0.29, 0.717) is 12.5 Å². The van der Waals surface area contributed by atoms with Crippen molar-refractivity contribution in [2.45, 2.75) is 19.3 Å². The number of aliphatic hydroxyl groups excluding tert-OH is 1. The van der Waals surface area contributed by atoms with Gasteiger partial charge in [0.2, 0.25) is 0 Å². The van der Waals surface area contributed by atoms with Gasteiger partial charge in [0.15, 0.2) is 0 Å². The SMILES string of the molecule is Cc1cccc2c(=O)[nH]c(C3CCN(CCO)C3)cc12. The van der Waals surface area contributed by atoms with Crippen molar-refractivity contribution in [1.82, 2.24) is 9.88 Å². The average molecular weight is 272 g/mol. The number of nitrogens with zero attached hydrogens (tertiary/aromatic N) is 1. The molecule has 4 heteroatoms. The van der Waals surface area contributed by atoms with E-state index in [1.807, 2.05) is 25.1 Å². The third-order valence-electron chi connectivity index (χ3n) is 4.25. The van der Waals surface area contributed by atoms with Crippen LogP contribution in [0.5, 0.6) is 0 Å². The molecule has 1 aromatic heterocycles. The summed E-state index contributed by atoms with van der Waals surface area (Å²) in [5.41, 5.74) is 2.17. The minimum Gasteiger partial charge on any atom is -0.395 e. The van der Waals surface area contributed by atoms with Crippen LogP contribution in [0.1, 0.15) is 23.6 Å². The largest absolute Gasteiger partial charge is 0.395 e. The number of benzene rings is 1. The highest BCUT2D eigenvalue weighted by molar-refractivity contribution is 5.85. The summed E-state index contributed by atoms with van der Waals surface area (Å²) >= 11 is 0. The molecule has 1 aliphatic rings. The number of rotatable bonds is 3. The van der Waals surface area contributed by atoms with Crippen molar-refractivity contribution >= 4 is 10.8 Å². The Morgan fingerprint density at radius 3 is 3.05 bits per heavy atom. The number of aromatic nitrogens is 1. The fourth-order valence-electron chi connectivity index (χ4n) is 3.11. The lowest BCUT2D eigenvalue weighted by Gasteiger charge is -2.15. The van der Waals surface area contributed by atoms with Gasteiger partial charge in [-0.2, -0.15) is 0 Å². The van der Waals surface area contributed by atoms with Crippen molar-refractivity contribution in [3.63, 3.8) is 0 Å². The van der Waals surface area contributed by atoms with Crippen LogP contribution in [0.3, 0.4) is 0 Å². The normalized spacial score (nSPS) is 19.8. The minimum atomic E-state index is 0.00167. The molecular formula is C16H20N2O2. The Balaban J connectivity index is 1.97. The van der Waals surface area contributed by atoms with E-state index in [4.69, 9.17) is 5.11 Å². The molecule has 4 nitrogen and oxygen atoms in total. The molecule has 106 valence electrons. The van der Waals surface area contributed by atoms with Crippen LogP contribution in [0.4, 0.5) is 0 Å². The van der Waals surface area contributed by atoms with Crippen LogP contribution >= 0.6 is 0 Å². The van der Waals surface area contributed by atoms with Gasteiger partial charge in [0.25, 0.3) is 5.56 Å². The molecule has 1 saturated heterocycles. The number of hydrogen-bond acceptors (Lipinski definition) is 3. The van der Waals surface area contributed by atoms with E-state index in [0.717, 1.165) is 41.5 Å². The van der Waals surface area contributed by atoms with Crippen LogP contribution < -0.4 is 5.56 Å². The summed E-state index contributed by atoms with van der Waals surface area (Å²) in [6.07, 6.45) is 1.04. The average Bonchev–Trinajstić information content (AvgIpc) is 2.89. The number of H-pyrrole nitrogens is 1. The van der Waals surface area contributed by atoms with Crippen molar-refractivity contribution < 1.29 is 5.11 Å². The molecule has 0 radical (unpaired) electrons. The molecule has 1 aliphatic heterocycles. The summed E-state index contributed by atoms with van der Waals surface area (Å²) in [7, 11) is 0. The third kappa shape index (κ3) is 2.37. The lowest BCUT2D eigenvalue weighted by Crippen LogP contribution is -2.24. The zero-order valence-corrected chi connectivity index (χ0v) is 11.7. The van der Waals surface area contributed by atoms with Crippen molar-refractivity contribution in [2.75, 3.05) is 26.2 Å². The highest BCUT2D eigenvalue weighted by Crippen LogP contribution is 2.27. The molecule has 0 bridgehead atoms. The van der Waals surface area contributed by atoms with E-state index in [2.05, 4.69) is 16.0 Å². The van der Waals surface area contributed by atoms with Crippen LogP contribution in [0.25, 0.3) is 10.8 Å². The van der Waals surface area contributed by atoms with E-state index in [9.17, 15) is 4.79 Å². The molecule has 1 unspecified atom stereocenters. The van der Waals surface area contributed by atoms with Crippen LogP contribution in [0, 0.1) is 6.92 Å². The Bertz CT molecular complexity index is 678. The highest BCUT2D eigenvalue weighted by Gasteiger charge is 2.24. The van der Waals surface area contributed by atoms with E-state index in [1.165, 1.54) is 0 Å². The maximum atomic E-state index is 12.2. The first-order chi connectivity index (χ1) is 9.69. The van der Waals surface area contributed by atoms with Gasteiger partial charge in [-0.3, -0.25) is 4.79 Å². The molecule has 0 saturated carbocycles. The molecule has 2 heterocycles. The van der Waals surface area contributed by atoms with Gasteiger partial charge in [-0.05, 0) is 43.0 Å². The van der Waals surface area contributed by atoms with Crippen LogP contribution in [-0.2, 0) is 0 Å². The molecule has 2 aromatic rings. The van der Waals surface area contributed by atoms with Crippen molar-refractivity contribution in [2.24, 2.45) is 0 Å². The quantitative estimate of drug-likeness (QED) is 0.892. The molecule has 3 rings (SSSR count). The molecule has 0 amide bonds. The number of β-amino-alcohol motifs (C(OH)–C–C–N with tert-alkyl or cyclic N) is 1. The molecule has 0 aliphatic carbocycles. The number of nitrogens with one attached hydrogen (secondary N) is 1. The van der Waals surface area contributed by atoms with Crippen LogP contribution in [0.15, 0.2) is 29.1 Å².